The third kappa shape index (κ3) is 7.94. The Kier molecular flexibility index (Phi) is 9.57. The summed E-state index contributed by atoms with van der Waals surface area (Å²) >= 11 is 0. The van der Waals surface area contributed by atoms with Gasteiger partial charge < -0.3 is 24.8 Å². The number of carbonyl (C=O) groups excluding carboxylic acids is 3. The molecule has 0 saturated carbocycles. The van der Waals surface area contributed by atoms with Gasteiger partial charge in [-0.15, -0.1) is 0 Å². The summed E-state index contributed by atoms with van der Waals surface area (Å²) in [4.78, 5) is 43.8. The van der Waals surface area contributed by atoms with Crippen molar-refractivity contribution >= 4 is 29.3 Å². The summed E-state index contributed by atoms with van der Waals surface area (Å²) in [5.41, 5.74) is 5.96. The number of likely N-dealkylation sites (N-methyl/N-ethyl adjacent to an activating group) is 1. The number of amides is 3. The van der Waals surface area contributed by atoms with E-state index in [1.165, 1.54) is 42.6 Å². The van der Waals surface area contributed by atoms with E-state index < -0.39 is 5.60 Å². The molecule has 4 heterocycles. The molecule has 0 aromatic heterocycles. The Labute approximate surface area is 280 Å². The number of piperidine rings is 4. The Morgan fingerprint density at radius 3 is 2.13 bits per heavy atom. The lowest BCUT2D eigenvalue weighted by Gasteiger charge is -2.48. The Morgan fingerprint density at radius 1 is 0.915 bits per heavy atom. The normalized spacial score (nSPS) is 25.4. The van der Waals surface area contributed by atoms with Gasteiger partial charge in [0.15, 0.2) is 0 Å². The number of benzene rings is 2. The molecule has 4 fully saturated rings. The first kappa shape index (κ1) is 33.3. The maximum absolute atomic E-state index is 12.4. The van der Waals surface area contributed by atoms with Gasteiger partial charge in [-0.2, -0.15) is 0 Å². The van der Waals surface area contributed by atoms with Crippen molar-refractivity contribution in [3.05, 3.63) is 59.2 Å². The van der Waals surface area contributed by atoms with E-state index in [-0.39, 0.29) is 29.9 Å². The quantitative estimate of drug-likeness (QED) is 0.403. The van der Waals surface area contributed by atoms with Crippen LogP contribution in [0.15, 0.2) is 42.5 Å². The maximum atomic E-state index is 12.4. The molecule has 2 N–H and O–H groups in total. The van der Waals surface area contributed by atoms with E-state index in [0.29, 0.717) is 24.2 Å². The van der Waals surface area contributed by atoms with Crippen molar-refractivity contribution in [2.45, 2.75) is 96.1 Å². The summed E-state index contributed by atoms with van der Waals surface area (Å²) in [6, 6.07) is 15.7. The molecule has 2 aromatic carbocycles. The Hall–Kier alpha value is -3.59. The zero-order valence-electron chi connectivity index (χ0n) is 28.9. The summed E-state index contributed by atoms with van der Waals surface area (Å²) in [6.07, 6.45) is 6.44. The molecule has 47 heavy (non-hydrogen) atoms. The van der Waals surface area contributed by atoms with Crippen molar-refractivity contribution in [1.29, 1.82) is 0 Å². The SMILES string of the molecule is Cc1cc(N2CCC3(CCN(c4ccc([C@H]5C[C@@H](NC(=O)OC(C)(C)C)CN(C)C5)cc4)CC3)CC2)ccc1C1CCC(=O)NC1=O. The second-order valence-electron chi connectivity index (χ2n) is 15.6. The molecule has 9 heteroatoms. The van der Waals surface area contributed by atoms with Crippen LogP contribution in [0.4, 0.5) is 16.2 Å². The predicted octanol–water partition coefficient (Wildman–Crippen LogP) is 5.71. The number of ether oxygens (including phenoxy) is 1. The van der Waals surface area contributed by atoms with E-state index in [0.717, 1.165) is 56.8 Å². The molecule has 1 spiro atoms. The molecule has 0 aliphatic carbocycles. The fourth-order valence-corrected chi connectivity index (χ4v) is 8.31. The van der Waals surface area contributed by atoms with Gasteiger partial charge in [-0.3, -0.25) is 14.9 Å². The van der Waals surface area contributed by atoms with Gasteiger partial charge in [-0.05, 0) is 126 Å². The zero-order chi connectivity index (χ0) is 33.3. The highest BCUT2D eigenvalue weighted by Gasteiger charge is 2.38. The van der Waals surface area contributed by atoms with Gasteiger partial charge in [0, 0.05) is 63.1 Å². The number of likely N-dealkylation sites (tertiary alicyclic amines) is 1. The van der Waals surface area contributed by atoms with Crippen molar-refractivity contribution in [1.82, 2.24) is 15.5 Å². The van der Waals surface area contributed by atoms with E-state index in [2.05, 4.69) is 81.8 Å². The molecule has 3 amide bonds. The van der Waals surface area contributed by atoms with E-state index >= 15 is 0 Å². The lowest BCUT2D eigenvalue weighted by Crippen LogP contribution is -2.49. The highest BCUT2D eigenvalue weighted by molar-refractivity contribution is 6.01. The maximum Gasteiger partial charge on any atom is 0.407 e. The zero-order valence-corrected chi connectivity index (χ0v) is 28.9. The highest BCUT2D eigenvalue weighted by Crippen LogP contribution is 2.43. The molecule has 4 saturated heterocycles. The smallest absolute Gasteiger partial charge is 0.407 e. The van der Waals surface area contributed by atoms with Crippen molar-refractivity contribution in [3.8, 4) is 0 Å². The number of rotatable bonds is 5. The van der Waals surface area contributed by atoms with Crippen LogP contribution >= 0.6 is 0 Å². The second-order valence-corrected chi connectivity index (χ2v) is 15.6. The first-order valence-corrected chi connectivity index (χ1v) is 17.6. The van der Waals surface area contributed by atoms with E-state index in [1.54, 1.807) is 0 Å². The van der Waals surface area contributed by atoms with Crippen LogP contribution < -0.4 is 20.4 Å². The lowest BCUT2D eigenvalue weighted by molar-refractivity contribution is -0.134. The van der Waals surface area contributed by atoms with Crippen LogP contribution in [0, 0.1) is 12.3 Å². The van der Waals surface area contributed by atoms with Gasteiger partial charge in [0.2, 0.25) is 11.8 Å². The molecule has 1 unspecified atom stereocenters. The average molecular weight is 644 g/mol. The van der Waals surface area contributed by atoms with Crippen molar-refractivity contribution in [2.75, 3.05) is 56.1 Å². The molecule has 9 nitrogen and oxygen atoms in total. The number of carbonyl (C=O) groups is 3. The van der Waals surface area contributed by atoms with E-state index in [1.807, 2.05) is 20.8 Å². The number of anilines is 2. The molecule has 0 radical (unpaired) electrons. The number of alkyl carbamates (subject to hydrolysis) is 1. The third-order valence-electron chi connectivity index (χ3n) is 11.0. The predicted molar refractivity (Wildman–Crippen MR) is 186 cm³/mol. The van der Waals surface area contributed by atoms with E-state index in [4.69, 9.17) is 4.74 Å². The second kappa shape index (κ2) is 13.5. The molecule has 2 aromatic rings. The minimum atomic E-state index is -0.500. The summed E-state index contributed by atoms with van der Waals surface area (Å²) in [5, 5.41) is 5.59. The van der Waals surface area contributed by atoms with Gasteiger partial charge in [-0.1, -0.05) is 18.2 Å². The Bertz CT molecular complexity index is 1450. The fraction of sp³-hybridized carbons (Fsp3) is 0.605. The average Bonchev–Trinajstić information content (AvgIpc) is 3.01. The summed E-state index contributed by atoms with van der Waals surface area (Å²) < 4.78 is 5.50. The number of aryl methyl sites for hydroxylation is 1. The molecule has 254 valence electrons. The van der Waals surface area contributed by atoms with Gasteiger partial charge in [0.05, 0.1) is 5.92 Å². The Morgan fingerprint density at radius 2 is 1.53 bits per heavy atom. The molecule has 6 rings (SSSR count). The van der Waals surface area contributed by atoms with Gasteiger partial charge in [0.25, 0.3) is 0 Å². The Balaban J connectivity index is 0.994. The summed E-state index contributed by atoms with van der Waals surface area (Å²) in [6.45, 7) is 13.9. The monoisotopic (exact) mass is 643 g/mol. The summed E-state index contributed by atoms with van der Waals surface area (Å²) in [5.74, 6) is -0.198. The minimum Gasteiger partial charge on any atom is -0.444 e. The van der Waals surface area contributed by atoms with Crippen molar-refractivity contribution in [2.24, 2.45) is 5.41 Å². The van der Waals surface area contributed by atoms with Crippen molar-refractivity contribution < 1.29 is 19.1 Å². The molecular formula is C38H53N5O4. The molecular weight excluding hydrogens is 590 g/mol. The minimum absolute atomic E-state index is 0.0687. The van der Waals surface area contributed by atoms with Crippen LogP contribution in [-0.2, 0) is 14.3 Å². The summed E-state index contributed by atoms with van der Waals surface area (Å²) in [7, 11) is 2.12. The van der Waals surface area contributed by atoms with E-state index in [9.17, 15) is 14.4 Å². The first-order chi connectivity index (χ1) is 22.4. The number of imide groups is 1. The van der Waals surface area contributed by atoms with Gasteiger partial charge >= 0.3 is 6.09 Å². The standard InChI is InChI=1S/C38H53N5O4/c1-26-22-31(10-11-32(26)33-12-13-34(44)40-35(33)45)43-20-16-38(17-21-43)14-18-42(19-15-38)30-8-6-27(7-9-30)28-23-29(25-41(5)24-28)39-36(46)47-37(2,3)4/h6-11,22,28-29,33H,12-21,23-25H2,1-5H3,(H,39,46)(H,40,44,45)/t28-,29+,33?/m0/s1. The fourth-order valence-electron chi connectivity index (χ4n) is 8.31. The van der Waals surface area contributed by atoms with Crippen LogP contribution in [-0.4, -0.2) is 80.8 Å². The first-order valence-electron chi connectivity index (χ1n) is 17.6. The lowest BCUT2D eigenvalue weighted by atomic mass is 9.71. The van der Waals surface area contributed by atoms with Gasteiger partial charge in [-0.25, -0.2) is 4.79 Å². The number of hydrogen-bond donors (Lipinski definition) is 2. The number of nitrogens with one attached hydrogen (secondary N) is 2. The number of nitrogens with zero attached hydrogens (tertiary/aromatic N) is 3. The van der Waals surface area contributed by atoms with Crippen LogP contribution in [0.2, 0.25) is 0 Å². The van der Waals surface area contributed by atoms with Crippen LogP contribution in [0.5, 0.6) is 0 Å². The topological polar surface area (TPSA) is 94.2 Å². The largest absolute Gasteiger partial charge is 0.444 e. The van der Waals surface area contributed by atoms with Crippen molar-refractivity contribution in [3.63, 3.8) is 0 Å². The molecule has 4 aliphatic heterocycles. The number of hydrogen-bond acceptors (Lipinski definition) is 7. The van der Waals surface area contributed by atoms with Crippen LogP contribution in [0.1, 0.15) is 94.2 Å². The highest BCUT2D eigenvalue weighted by atomic mass is 16.6. The molecule has 0 bridgehead atoms. The third-order valence-corrected chi connectivity index (χ3v) is 11.0. The van der Waals surface area contributed by atoms with Gasteiger partial charge in [0.1, 0.15) is 5.60 Å². The van der Waals surface area contributed by atoms with Crippen LogP contribution in [0.3, 0.4) is 0 Å². The molecule has 3 atom stereocenters. The molecule has 4 aliphatic rings. The van der Waals surface area contributed by atoms with Crippen LogP contribution in [0.25, 0.3) is 0 Å².